The van der Waals surface area contributed by atoms with Crippen molar-refractivity contribution in [1.29, 1.82) is 0 Å². The molecular formula is C15H19NO7. The fourth-order valence-corrected chi connectivity index (χ4v) is 2.29. The smallest absolute Gasteiger partial charge is 0.314 e. The molecule has 1 atom stereocenters. The quantitative estimate of drug-likeness (QED) is 0.447. The van der Waals surface area contributed by atoms with Crippen LogP contribution in [0.4, 0.5) is 5.69 Å². The average Bonchev–Trinajstić information content (AvgIpc) is 2.84. The van der Waals surface area contributed by atoms with Crippen molar-refractivity contribution in [3.63, 3.8) is 0 Å². The van der Waals surface area contributed by atoms with Crippen molar-refractivity contribution >= 4 is 11.7 Å². The molecule has 1 aliphatic heterocycles. The van der Waals surface area contributed by atoms with Gasteiger partial charge >= 0.3 is 11.7 Å². The van der Waals surface area contributed by atoms with Crippen molar-refractivity contribution in [2.24, 2.45) is 0 Å². The molecule has 1 aliphatic rings. The molecular weight excluding hydrogens is 306 g/mol. The molecule has 1 aromatic carbocycles. The average molecular weight is 325 g/mol. The van der Waals surface area contributed by atoms with Gasteiger partial charge in [0.25, 0.3) is 0 Å². The summed E-state index contributed by atoms with van der Waals surface area (Å²) in [5.74, 6) is -1.16. The minimum Gasteiger partial charge on any atom is -0.484 e. The topological polar surface area (TPSA) is 97.1 Å². The van der Waals surface area contributed by atoms with Crippen molar-refractivity contribution in [3.8, 4) is 5.75 Å². The number of hydrogen-bond acceptors (Lipinski definition) is 7. The van der Waals surface area contributed by atoms with E-state index in [1.165, 1.54) is 19.2 Å². The highest BCUT2D eigenvalue weighted by atomic mass is 16.7. The number of methoxy groups -OCH3 is 1. The SMILES string of the molecule is COC(=O)Cc1cccc(OC[C@@H]2COC(C)(C)O2)c1[N+](=O)[O-]. The molecule has 0 saturated carbocycles. The Morgan fingerprint density at radius 3 is 2.78 bits per heavy atom. The van der Waals surface area contributed by atoms with Gasteiger partial charge in [-0.3, -0.25) is 14.9 Å². The Kier molecular flexibility index (Phi) is 5.17. The van der Waals surface area contributed by atoms with E-state index in [9.17, 15) is 14.9 Å². The Balaban J connectivity index is 2.13. The Morgan fingerprint density at radius 1 is 1.48 bits per heavy atom. The molecule has 0 amide bonds. The van der Waals surface area contributed by atoms with Crippen LogP contribution in [0.5, 0.6) is 5.75 Å². The summed E-state index contributed by atoms with van der Waals surface area (Å²) >= 11 is 0. The third kappa shape index (κ3) is 4.40. The summed E-state index contributed by atoms with van der Waals surface area (Å²) < 4.78 is 21.1. The van der Waals surface area contributed by atoms with Crippen LogP contribution in [0.3, 0.4) is 0 Å². The lowest BCUT2D eigenvalue weighted by atomic mass is 10.1. The maximum absolute atomic E-state index is 11.4. The molecule has 8 heteroatoms. The summed E-state index contributed by atoms with van der Waals surface area (Å²) in [5, 5.41) is 11.3. The molecule has 2 rings (SSSR count). The van der Waals surface area contributed by atoms with Gasteiger partial charge in [0.15, 0.2) is 11.5 Å². The van der Waals surface area contributed by atoms with Gasteiger partial charge in [-0.25, -0.2) is 0 Å². The first-order valence-electron chi connectivity index (χ1n) is 7.10. The number of hydrogen-bond donors (Lipinski definition) is 0. The van der Waals surface area contributed by atoms with Crippen LogP contribution in [0.1, 0.15) is 19.4 Å². The second kappa shape index (κ2) is 6.93. The lowest BCUT2D eigenvalue weighted by molar-refractivity contribution is -0.386. The van der Waals surface area contributed by atoms with Crippen LogP contribution in [-0.4, -0.2) is 43.1 Å². The van der Waals surface area contributed by atoms with E-state index in [0.717, 1.165) is 0 Å². The van der Waals surface area contributed by atoms with E-state index in [4.69, 9.17) is 14.2 Å². The number of ether oxygens (including phenoxy) is 4. The predicted molar refractivity (Wildman–Crippen MR) is 79.2 cm³/mol. The van der Waals surface area contributed by atoms with Gasteiger partial charge in [-0.1, -0.05) is 12.1 Å². The second-order valence-corrected chi connectivity index (χ2v) is 5.54. The van der Waals surface area contributed by atoms with Gasteiger partial charge in [-0.05, 0) is 19.9 Å². The van der Waals surface area contributed by atoms with E-state index in [-0.39, 0.29) is 36.1 Å². The molecule has 126 valence electrons. The zero-order valence-corrected chi connectivity index (χ0v) is 13.2. The molecule has 0 bridgehead atoms. The monoisotopic (exact) mass is 325 g/mol. The fraction of sp³-hybridized carbons (Fsp3) is 0.533. The van der Waals surface area contributed by atoms with Crippen LogP contribution in [0.15, 0.2) is 18.2 Å². The molecule has 0 unspecified atom stereocenters. The molecule has 1 heterocycles. The van der Waals surface area contributed by atoms with E-state index < -0.39 is 16.7 Å². The Morgan fingerprint density at radius 2 is 2.22 bits per heavy atom. The van der Waals surface area contributed by atoms with Crippen molar-refractivity contribution in [2.75, 3.05) is 20.3 Å². The summed E-state index contributed by atoms with van der Waals surface area (Å²) in [4.78, 5) is 22.1. The van der Waals surface area contributed by atoms with Crippen LogP contribution in [0.25, 0.3) is 0 Å². The first kappa shape index (κ1) is 17.2. The van der Waals surface area contributed by atoms with Crippen molar-refractivity contribution in [1.82, 2.24) is 0 Å². The third-order valence-electron chi connectivity index (χ3n) is 3.32. The minimum atomic E-state index is -0.688. The summed E-state index contributed by atoms with van der Waals surface area (Å²) in [6, 6.07) is 4.58. The zero-order chi connectivity index (χ0) is 17.0. The Hall–Kier alpha value is -2.19. The van der Waals surface area contributed by atoms with Crippen LogP contribution >= 0.6 is 0 Å². The largest absolute Gasteiger partial charge is 0.484 e. The van der Waals surface area contributed by atoms with Gasteiger partial charge < -0.3 is 18.9 Å². The standard InChI is InChI=1S/C15H19NO7/c1-15(2)22-9-11(23-15)8-21-12-6-4-5-10(7-13(17)20-3)14(12)16(18)19/h4-6,11H,7-9H2,1-3H3/t11-/m1/s1. The molecule has 0 aliphatic carbocycles. The van der Waals surface area contributed by atoms with Gasteiger partial charge in [0, 0.05) is 5.56 Å². The van der Waals surface area contributed by atoms with Crippen LogP contribution in [0, 0.1) is 10.1 Å². The Bertz CT molecular complexity index is 599. The van der Waals surface area contributed by atoms with E-state index in [1.54, 1.807) is 19.9 Å². The van der Waals surface area contributed by atoms with E-state index in [0.29, 0.717) is 6.61 Å². The molecule has 1 aromatic rings. The lowest BCUT2D eigenvalue weighted by Crippen LogP contribution is -2.25. The number of benzene rings is 1. The molecule has 1 fully saturated rings. The van der Waals surface area contributed by atoms with Crippen LogP contribution in [0.2, 0.25) is 0 Å². The maximum atomic E-state index is 11.4. The van der Waals surface area contributed by atoms with E-state index in [2.05, 4.69) is 4.74 Å². The van der Waals surface area contributed by atoms with E-state index >= 15 is 0 Å². The predicted octanol–water partition coefficient (Wildman–Crippen LogP) is 1.84. The Labute approximate surface area is 133 Å². The summed E-state index contributed by atoms with van der Waals surface area (Å²) in [5.41, 5.74) is -0.000606. The maximum Gasteiger partial charge on any atom is 0.314 e. The molecule has 0 spiro atoms. The molecule has 0 radical (unpaired) electrons. The molecule has 0 N–H and O–H groups in total. The number of esters is 1. The lowest BCUT2D eigenvalue weighted by Gasteiger charge is -2.17. The van der Waals surface area contributed by atoms with Crippen molar-refractivity contribution in [2.45, 2.75) is 32.2 Å². The number of carbonyl (C=O) groups is 1. The van der Waals surface area contributed by atoms with Gasteiger partial charge in [-0.2, -0.15) is 0 Å². The molecule has 23 heavy (non-hydrogen) atoms. The minimum absolute atomic E-state index is 0.0877. The summed E-state index contributed by atoms with van der Waals surface area (Å²) in [6.07, 6.45) is -0.506. The first-order chi connectivity index (χ1) is 10.8. The molecule has 1 saturated heterocycles. The third-order valence-corrected chi connectivity index (χ3v) is 3.32. The second-order valence-electron chi connectivity index (χ2n) is 5.54. The van der Waals surface area contributed by atoms with E-state index in [1.807, 2.05) is 0 Å². The van der Waals surface area contributed by atoms with Crippen LogP contribution < -0.4 is 4.74 Å². The summed E-state index contributed by atoms with van der Waals surface area (Å²) in [7, 11) is 1.23. The van der Waals surface area contributed by atoms with Crippen molar-refractivity contribution < 1.29 is 28.7 Å². The van der Waals surface area contributed by atoms with Gasteiger partial charge in [0.05, 0.1) is 25.1 Å². The van der Waals surface area contributed by atoms with Gasteiger partial charge in [-0.15, -0.1) is 0 Å². The number of carbonyl (C=O) groups excluding carboxylic acids is 1. The highest BCUT2D eigenvalue weighted by Gasteiger charge is 2.33. The highest BCUT2D eigenvalue weighted by Crippen LogP contribution is 2.32. The van der Waals surface area contributed by atoms with Crippen LogP contribution in [-0.2, 0) is 25.4 Å². The zero-order valence-electron chi connectivity index (χ0n) is 13.2. The number of nitro benzene ring substituents is 1. The molecule has 8 nitrogen and oxygen atoms in total. The number of para-hydroxylation sites is 1. The fourth-order valence-electron chi connectivity index (χ4n) is 2.29. The normalized spacial score (nSPS) is 19.3. The number of nitro groups is 1. The van der Waals surface area contributed by atoms with Gasteiger partial charge in [0.2, 0.25) is 0 Å². The molecule has 0 aromatic heterocycles. The number of nitrogens with zero attached hydrogens (tertiary/aromatic N) is 1. The first-order valence-corrected chi connectivity index (χ1v) is 7.10. The highest BCUT2D eigenvalue weighted by molar-refractivity contribution is 5.75. The number of rotatable bonds is 6. The summed E-state index contributed by atoms with van der Waals surface area (Å²) in [6.45, 7) is 4.04. The van der Waals surface area contributed by atoms with Crippen molar-refractivity contribution in [3.05, 3.63) is 33.9 Å². The van der Waals surface area contributed by atoms with Gasteiger partial charge in [0.1, 0.15) is 12.7 Å².